The number of carbonyl (C=O) groups is 2. The van der Waals surface area contributed by atoms with E-state index in [1.54, 1.807) is 43.3 Å². The second-order valence-electron chi connectivity index (χ2n) is 6.63. The smallest absolute Gasteiger partial charge is 0.308 e. The molecular formula is C19H20N2O5S. The van der Waals surface area contributed by atoms with Gasteiger partial charge in [0.25, 0.3) is 15.9 Å². The minimum absolute atomic E-state index is 0.124. The third-order valence-corrected chi connectivity index (χ3v) is 6.03. The van der Waals surface area contributed by atoms with Crippen molar-refractivity contribution in [2.75, 3.05) is 17.8 Å². The normalized spacial score (nSPS) is 19.7. The predicted molar refractivity (Wildman–Crippen MR) is 99.9 cm³/mol. The fourth-order valence-electron chi connectivity index (χ4n) is 3.17. The van der Waals surface area contributed by atoms with Crippen molar-refractivity contribution in [1.82, 2.24) is 4.90 Å². The summed E-state index contributed by atoms with van der Waals surface area (Å²) in [6, 6.07) is 14.1. The molecule has 3 rings (SSSR count). The third kappa shape index (κ3) is 4.11. The number of aliphatic carboxylic acids is 1. The van der Waals surface area contributed by atoms with Gasteiger partial charge in [0, 0.05) is 24.3 Å². The van der Waals surface area contributed by atoms with E-state index in [0.717, 1.165) is 0 Å². The summed E-state index contributed by atoms with van der Waals surface area (Å²) in [5, 5.41) is 9.22. The highest BCUT2D eigenvalue weighted by Crippen LogP contribution is 2.25. The first kappa shape index (κ1) is 18.9. The summed E-state index contributed by atoms with van der Waals surface area (Å²) in [7, 11) is -3.76. The van der Waals surface area contributed by atoms with Crippen LogP contribution in [0.2, 0.25) is 0 Å². The number of amides is 1. The van der Waals surface area contributed by atoms with Crippen LogP contribution in [0.15, 0.2) is 59.5 Å². The van der Waals surface area contributed by atoms with E-state index in [0.29, 0.717) is 12.1 Å². The molecule has 1 heterocycles. The number of nitrogens with one attached hydrogen (secondary N) is 1. The molecule has 0 radical (unpaired) electrons. The van der Waals surface area contributed by atoms with Crippen LogP contribution in [0.25, 0.3) is 0 Å². The highest BCUT2D eigenvalue weighted by atomic mass is 32.2. The first-order chi connectivity index (χ1) is 12.8. The monoisotopic (exact) mass is 388 g/mol. The fourth-order valence-corrected chi connectivity index (χ4v) is 4.24. The molecule has 1 aliphatic heterocycles. The van der Waals surface area contributed by atoms with Gasteiger partial charge in [0.05, 0.1) is 10.8 Å². The lowest BCUT2D eigenvalue weighted by Crippen LogP contribution is -2.30. The molecule has 0 bridgehead atoms. The summed E-state index contributed by atoms with van der Waals surface area (Å²) in [5.41, 5.74) is 0.577. The number of nitrogens with zero attached hydrogens (tertiary/aromatic N) is 1. The number of hydrogen-bond acceptors (Lipinski definition) is 4. The number of hydrogen-bond donors (Lipinski definition) is 2. The Morgan fingerprint density at radius 3 is 2.41 bits per heavy atom. The van der Waals surface area contributed by atoms with Crippen LogP contribution in [0.4, 0.5) is 5.69 Å². The summed E-state index contributed by atoms with van der Waals surface area (Å²) < 4.78 is 27.3. The number of rotatable bonds is 5. The van der Waals surface area contributed by atoms with Crippen LogP contribution in [0, 0.1) is 11.8 Å². The van der Waals surface area contributed by atoms with Crippen molar-refractivity contribution in [3.05, 3.63) is 60.2 Å². The molecule has 0 aromatic heterocycles. The van der Waals surface area contributed by atoms with Crippen LogP contribution >= 0.6 is 0 Å². The molecule has 2 atom stereocenters. The van der Waals surface area contributed by atoms with E-state index in [1.807, 2.05) is 0 Å². The lowest BCUT2D eigenvalue weighted by molar-refractivity contribution is -0.142. The van der Waals surface area contributed by atoms with Crippen LogP contribution < -0.4 is 4.72 Å². The molecule has 2 aromatic rings. The van der Waals surface area contributed by atoms with Gasteiger partial charge in [-0.25, -0.2) is 8.42 Å². The Balaban J connectivity index is 1.78. The van der Waals surface area contributed by atoms with Crippen LogP contribution in [-0.4, -0.2) is 43.4 Å². The van der Waals surface area contributed by atoms with Crippen molar-refractivity contribution in [1.29, 1.82) is 0 Å². The molecule has 0 aliphatic carbocycles. The van der Waals surface area contributed by atoms with E-state index in [1.165, 1.54) is 23.1 Å². The number of anilines is 1. The number of likely N-dealkylation sites (tertiary alicyclic amines) is 1. The van der Waals surface area contributed by atoms with Gasteiger partial charge in [0.2, 0.25) is 0 Å². The summed E-state index contributed by atoms with van der Waals surface area (Å²) in [6.45, 7) is 2.31. The van der Waals surface area contributed by atoms with Crippen molar-refractivity contribution in [2.45, 2.75) is 11.8 Å². The molecule has 1 fully saturated rings. The largest absolute Gasteiger partial charge is 0.481 e. The third-order valence-electron chi connectivity index (χ3n) is 4.63. The molecular weight excluding hydrogens is 368 g/mol. The Morgan fingerprint density at radius 2 is 1.78 bits per heavy atom. The maximum Gasteiger partial charge on any atom is 0.308 e. The number of benzene rings is 2. The lowest BCUT2D eigenvalue weighted by atomic mass is 9.99. The van der Waals surface area contributed by atoms with Gasteiger partial charge in [0.15, 0.2) is 0 Å². The maximum atomic E-state index is 12.7. The zero-order valence-corrected chi connectivity index (χ0v) is 15.5. The SMILES string of the molecule is C[C@@H]1CN(C(=O)c2cccc(NS(=O)(=O)c3ccccc3)c2)C[C@H]1C(=O)O. The standard InChI is InChI=1S/C19H20N2O5S/c1-13-11-21(12-17(13)19(23)24)18(22)14-6-5-7-15(10-14)20-27(25,26)16-8-3-2-4-9-16/h2-10,13,17,20H,11-12H2,1H3,(H,23,24)/t13-,17-/m1/s1. The summed E-state index contributed by atoms with van der Waals surface area (Å²) >= 11 is 0. The first-order valence-electron chi connectivity index (χ1n) is 8.48. The van der Waals surface area contributed by atoms with Crippen LogP contribution in [0.1, 0.15) is 17.3 Å². The van der Waals surface area contributed by atoms with Gasteiger partial charge >= 0.3 is 5.97 Å². The minimum atomic E-state index is -3.76. The molecule has 1 aliphatic rings. The second-order valence-corrected chi connectivity index (χ2v) is 8.31. The zero-order valence-electron chi connectivity index (χ0n) is 14.7. The molecule has 7 nitrogen and oxygen atoms in total. The van der Waals surface area contributed by atoms with Crippen LogP contribution in [0.3, 0.4) is 0 Å². The highest BCUT2D eigenvalue weighted by molar-refractivity contribution is 7.92. The maximum absolute atomic E-state index is 12.7. The molecule has 0 spiro atoms. The highest BCUT2D eigenvalue weighted by Gasteiger charge is 2.37. The Labute approximate surface area is 157 Å². The zero-order chi connectivity index (χ0) is 19.6. The van der Waals surface area contributed by atoms with Gasteiger partial charge in [-0.3, -0.25) is 14.3 Å². The molecule has 1 saturated heterocycles. The van der Waals surface area contributed by atoms with Crippen molar-refractivity contribution in [2.24, 2.45) is 11.8 Å². The van der Waals surface area contributed by atoms with E-state index >= 15 is 0 Å². The molecule has 0 saturated carbocycles. The van der Waals surface area contributed by atoms with Gasteiger partial charge in [0.1, 0.15) is 0 Å². The Hall–Kier alpha value is -2.87. The van der Waals surface area contributed by atoms with Crippen molar-refractivity contribution in [3.63, 3.8) is 0 Å². The molecule has 0 unspecified atom stereocenters. The van der Waals surface area contributed by atoms with Gasteiger partial charge in [-0.1, -0.05) is 31.2 Å². The molecule has 27 heavy (non-hydrogen) atoms. The molecule has 2 aromatic carbocycles. The van der Waals surface area contributed by atoms with E-state index in [-0.39, 0.29) is 29.0 Å². The Kier molecular flexibility index (Phi) is 5.18. The van der Waals surface area contributed by atoms with E-state index in [9.17, 15) is 23.1 Å². The average Bonchev–Trinajstić information content (AvgIpc) is 3.04. The minimum Gasteiger partial charge on any atom is -0.481 e. The first-order valence-corrected chi connectivity index (χ1v) is 9.96. The topological polar surface area (TPSA) is 104 Å². The summed E-state index contributed by atoms with van der Waals surface area (Å²) in [5.74, 6) is -1.95. The number of sulfonamides is 1. The molecule has 2 N–H and O–H groups in total. The lowest BCUT2D eigenvalue weighted by Gasteiger charge is -2.17. The van der Waals surface area contributed by atoms with Crippen LogP contribution in [-0.2, 0) is 14.8 Å². The van der Waals surface area contributed by atoms with Crippen molar-refractivity contribution < 1.29 is 23.1 Å². The van der Waals surface area contributed by atoms with E-state index < -0.39 is 21.9 Å². The van der Waals surface area contributed by atoms with Gasteiger partial charge in [-0.15, -0.1) is 0 Å². The van der Waals surface area contributed by atoms with Crippen molar-refractivity contribution in [3.8, 4) is 0 Å². The van der Waals surface area contributed by atoms with Crippen LogP contribution in [0.5, 0.6) is 0 Å². The van der Waals surface area contributed by atoms with Crippen molar-refractivity contribution >= 4 is 27.6 Å². The van der Waals surface area contributed by atoms with Gasteiger partial charge in [-0.2, -0.15) is 0 Å². The Morgan fingerprint density at radius 1 is 1.07 bits per heavy atom. The second kappa shape index (κ2) is 7.40. The fraction of sp³-hybridized carbons (Fsp3) is 0.263. The Bertz CT molecular complexity index is 959. The quantitative estimate of drug-likeness (QED) is 0.818. The molecule has 1 amide bonds. The molecule has 142 valence electrons. The number of carbonyl (C=O) groups excluding carboxylic acids is 1. The number of carboxylic acids is 1. The van der Waals surface area contributed by atoms with Gasteiger partial charge in [-0.05, 0) is 36.2 Å². The average molecular weight is 388 g/mol. The number of carboxylic acid groups (broad SMARTS) is 1. The van der Waals surface area contributed by atoms with Gasteiger partial charge < -0.3 is 10.0 Å². The molecule has 8 heteroatoms. The predicted octanol–water partition coefficient (Wildman–Crippen LogP) is 2.28. The van der Waals surface area contributed by atoms with E-state index in [2.05, 4.69) is 4.72 Å². The summed E-state index contributed by atoms with van der Waals surface area (Å²) in [6.07, 6.45) is 0. The van der Waals surface area contributed by atoms with E-state index in [4.69, 9.17) is 0 Å². The summed E-state index contributed by atoms with van der Waals surface area (Å²) in [4.78, 5) is 25.6.